The summed E-state index contributed by atoms with van der Waals surface area (Å²) in [6.07, 6.45) is 2.04. The summed E-state index contributed by atoms with van der Waals surface area (Å²) in [5, 5.41) is 0. The molecule has 0 fully saturated rings. The maximum absolute atomic E-state index is 11.6. The van der Waals surface area contributed by atoms with Gasteiger partial charge in [-0.3, -0.25) is 4.79 Å². The van der Waals surface area contributed by atoms with Gasteiger partial charge in [0.2, 0.25) is 0 Å². The van der Waals surface area contributed by atoms with Crippen molar-refractivity contribution in [2.45, 2.75) is 26.4 Å². The molecule has 0 atom stereocenters. The van der Waals surface area contributed by atoms with E-state index >= 15 is 0 Å². The molecule has 4 nitrogen and oxygen atoms in total. The van der Waals surface area contributed by atoms with Gasteiger partial charge in [0.15, 0.2) is 12.0 Å². The zero-order valence-electron chi connectivity index (χ0n) is 8.98. The van der Waals surface area contributed by atoms with Crippen LogP contribution < -0.4 is 0 Å². The van der Waals surface area contributed by atoms with Crippen LogP contribution in [0.2, 0.25) is 0 Å². The van der Waals surface area contributed by atoms with Crippen LogP contribution in [0.25, 0.3) is 0 Å². The highest BCUT2D eigenvalue weighted by Crippen LogP contribution is 2.12. The molecule has 0 aliphatic heterocycles. The first-order chi connectivity index (χ1) is 6.94. The number of carbonyl (C=O) groups excluding carboxylic acids is 2. The molecule has 80 valence electrons. The van der Waals surface area contributed by atoms with Gasteiger partial charge < -0.3 is 4.74 Å². The number of nitrogens with zero attached hydrogens (tertiary/aromatic N) is 1. The van der Waals surface area contributed by atoms with E-state index in [0.717, 1.165) is 0 Å². The van der Waals surface area contributed by atoms with Crippen molar-refractivity contribution >= 4 is 12.3 Å². The lowest BCUT2D eigenvalue weighted by molar-refractivity contribution is 0.00615. The molecule has 0 amide bonds. The molecule has 0 aliphatic carbocycles. The van der Waals surface area contributed by atoms with E-state index in [1.54, 1.807) is 26.8 Å². The van der Waals surface area contributed by atoms with Crippen molar-refractivity contribution < 1.29 is 14.3 Å². The molecule has 1 aromatic heterocycles. The second-order valence-electron chi connectivity index (χ2n) is 4.06. The smallest absolute Gasteiger partial charge is 0.358 e. The average Bonchev–Trinajstić information content (AvgIpc) is 2.15. The van der Waals surface area contributed by atoms with Crippen LogP contribution in [0.3, 0.4) is 0 Å². The largest absolute Gasteiger partial charge is 0.455 e. The molecular weight excluding hydrogens is 194 g/mol. The Kier molecular flexibility index (Phi) is 3.19. The van der Waals surface area contributed by atoms with Gasteiger partial charge in [0, 0.05) is 11.8 Å². The van der Waals surface area contributed by atoms with Crippen molar-refractivity contribution in [1.29, 1.82) is 0 Å². The lowest BCUT2D eigenvalue weighted by Gasteiger charge is -2.19. The Bertz CT molecular complexity index is 380. The van der Waals surface area contributed by atoms with Gasteiger partial charge in [-0.25, -0.2) is 9.78 Å². The molecule has 0 saturated heterocycles. The van der Waals surface area contributed by atoms with E-state index in [1.165, 1.54) is 12.3 Å². The maximum Gasteiger partial charge on any atom is 0.358 e. The van der Waals surface area contributed by atoms with Gasteiger partial charge in [0.25, 0.3) is 0 Å². The number of aromatic nitrogens is 1. The Morgan fingerprint density at radius 1 is 1.47 bits per heavy atom. The summed E-state index contributed by atoms with van der Waals surface area (Å²) in [5.41, 5.74) is -0.288. The Balaban J connectivity index is 2.96. The highest BCUT2D eigenvalue weighted by molar-refractivity contribution is 5.96. The van der Waals surface area contributed by atoms with Gasteiger partial charge >= 0.3 is 5.97 Å². The Morgan fingerprint density at radius 2 is 2.13 bits per heavy atom. The molecule has 0 aromatic carbocycles. The van der Waals surface area contributed by atoms with Crippen LogP contribution in [-0.4, -0.2) is 22.8 Å². The first kappa shape index (κ1) is 11.4. The summed E-state index contributed by atoms with van der Waals surface area (Å²) in [7, 11) is 0. The van der Waals surface area contributed by atoms with Gasteiger partial charge in [0.05, 0.1) is 0 Å². The number of aldehydes is 1. The van der Waals surface area contributed by atoms with E-state index in [4.69, 9.17) is 4.74 Å². The van der Waals surface area contributed by atoms with E-state index in [9.17, 15) is 9.59 Å². The van der Waals surface area contributed by atoms with Crippen LogP contribution in [0.15, 0.2) is 18.3 Å². The van der Waals surface area contributed by atoms with E-state index < -0.39 is 11.6 Å². The average molecular weight is 207 g/mol. The van der Waals surface area contributed by atoms with Crippen molar-refractivity contribution in [3.05, 3.63) is 29.6 Å². The third-order valence-electron chi connectivity index (χ3n) is 1.56. The van der Waals surface area contributed by atoms with Crippen LogP contribution in [-0.2, 0) is 4.74 Å². The molecule has 0 radical (unpaired) electrons. The number of pyridine rings is 1. The van der Waals surface area contributed by atoms with Crippen molar-refractivity contribution in [1.82, 2.24) is 4.98 Å². The monoisotopic (exact) mass is 207 g/mol. The number of ether oxygens (including phenoxy) is 1. The predicted octanol–water partition coefficient (Wildman–Crippen LogP) is 1.85. The second-order valence-corrected chi connectivity index (χ2v) is 4.06. The predicted molar refractivity (Wildman–Crippen MR) is 54.8 cm³/mol. The minimum atomic E-state index is -0.589. The number of carbonyl (C=O) groups is 2. The molecular formula is C11H13NO3. The van der Waals surface area contributed by atoms with Gasteiger partial charge in [-0.15, -0.1) is 0 Å². The minimum Gasteiger partial charge on any atom is -0.455 e. The van der Waals surface area contributed by atoms with Crippen molar-refractivity contribution in [3.63, 3.8) is 0 Å². The Labute approximate surface area is 88.3 Å². The summed E-state index contributed by atoms with van der Waals surface area (Å²) in [4.78, 5) is 26.1. The molecule has 0 unspecified atom stereocenters. The molecule has 4 heteroatoms. The van der Waals surface area contributed by atoms with E-state index in [2.05, 4.69) is 4.98 Å². The zero-order chi connectivity index (χ0) is 11.5. The molecule has 1 rings (SSSR count). The van der Waals surface area contributed by atoms with E-state index in [-0.39, 0.29) is 11.3 Å². The standard InChI is InChI=1S/C11H13NO3/c1-11(2,3)15-10(14)9-8(7-13)5-4-6-12-9/h4-7H,1-3H3. The second kappa shape index (κ2) is 4.21. The lowest BCUT2D eigenvalue weighted by Crippen LogP contribution is -2.25. The van der Waals surface area contributed by atoms with Crippen molar-refractivity contribution in [2.24, 2.45) is 0 Å². The summed E-state index contributed by atoms with van der Waals surface area (Å²) in [6.45, 7) is 5.28. The summed E-state index contributed by atoms with van der Waals surface area (Å²) in [6, 6.07) is 3.12. The fourth-order valence-corrected chi connectivity index (χ4v) is 1.01. The van der Waals surface area contributed by atoms with Crippen LogP contribution in [0.4, 0.5) is 0 Å². The Morgan fingerprint density at radius 3 is 2.67 bits per heavy atom. The molecule has 0 saturated carbocycles. The number of rotatable bonds is 2. The lowest BCUT2D eigenvalue weighted by atomic mass is 10.1. The van der Waals surface area contributed by atoms with E-state index in [1.807, 2.05) is 0 Å². The topological polar surface area (TPSA) is 56.3 Å². The zero-order valence-corrected chi connectivity index (χ0v) is 8.98. The number of hydrogen-bond donors (Lipinski definition) is 0. The molecule has 15 heavy (non-hydrogen) atoms. The van der Waals surface area contributed by atoms with Gasteiger partial charge in [0.1, 0.15) is 5.60 Å². The molecule has 1 heterocycles. The molecule has 0 N–H and O–H groups in total. The summed E-state index contributed by atoms with van der Waals surface area (Å²) in [5.74, 6) is -0.579. The normalized spacial score (nSPS) is 10.9. The molecule has 0 aliphatic rings. The highest BCUT2D eigenvalue weighted by atomic mass is 16.6. The van der Waals surface area contributed by atoms with Crippen molar-refractivity contribution in [3.8, 4) is 0 Å². The number of hydrogen-bond acceptors (Lipinski definition) is 4. The minimum absolute atomic E-state index is 0.0578. The third-order valence-corrected chi connectivity index (χ3v) is 1.56. The van der Waals surface area contributed by atoms with Gasteiger partial charge in [-0.05, 0) is 32.9 Å². The van der Waals surface area contributed by atoms with Crippen LogP contribution in [0, 0.1) is 0 Å². The SMILES string of the molecule is CC(C)(C)OC(=O)c1ncccc1C=O. The summed E-state index contributed by atoms with van der Waals surface area (Å²) >= 11 is 0. The van der Waals surface area contributed by atoms with Crippen LogP contribution >= 0.6 is 0 Å². The van der Waals surface area contributed by atoms with Crippen LogP contribution in [0.5, 0.6) is 0 Å². The van der Waals surface area contributed by atoms with Gasteiger partial charge in [-0.2, -0.15) is 0 Å². The highest BCUT2D eigenvalue weighted by Gasteiger charge is 2.20. The first-order valence-corrected chi connectivity index (χ1v) is 4.57. The first-order valence-electron chi connectivity index (χ1n) is 4.57. The maximum atomic E-state index is 11.6. The molecule has 0 bridgehead atoms. The quantitative estimate of drug-likeness (QED) is 0.548. The number of esters is 1. The van der Waals surface area contributed by atoms with Gasteiger partial charge in [-0.1, -0.05) is 0 Å². The third kappa shape index (κ3) is 3.16. The fraction of sp³-hybridized carbons (Fsp3) is 0.364. The Hall–Kier alpha value is -1.71. The van der Waals surface area contributed by atoms with Crippen molar-refractivity contribution in [2.75, 3.05) is 0 Å². The van der Waals surface area contributed by atoms with Crippen LogP contribution in [0.1, 0.15) is 41.6 Å². The van der Waals surface area contributed by atoms with E-state index in [0.29, 0.717) is 6.29 Å². The molecule has 1 aromatic rings. The fourth-order valence-electron chi connectivity index (χ4n) is 1.01. The summed E-state index contributed by atoms with van der Waals surface area (Å²) < 4.78 is 5.11. The molecule has 0 spiro atoms.